The minimum atomic E-state index is -1.08. The van der Waals surface area contributed by atoms with Gasteiger partial charge in [0.15, 0.2) is 0 Å². The van der Waals surface area contributed by atoms with Crippen LogP contribution in [0.25, 0.3) is 0 Å². The fourth-order valence-electron chi connectivity index (χ4n) is 3.44. The van der Waals surface area contributed by atoms with Crippen molar-refractivity contribution in [2.45, 2.75) is 31.7 Å². The number of nitrogens with one attached hydrogen (secondary N) is 3. The van der Waals surface area contributed by atoms with Gasteiger partial charge in [0.1, 0.15) is 12.1 Å². The molecule has 1 aliphatic heterocycles. The molecule has 1 aliphatic carbocycles. The smallest absolute Gasteiger partial charge is 0.325 e. The molecule has 0 bridgehead atoms. The van der Waals surface area contributed by atoms with E-state index in [0.717, 1.165) is 22.4 Å². The summed E-state index contributed by atoms with van der Waals surface area (Å²) in [7, 11) is 0. The summed E-state index contributed by atoms with van der Waals surface area (Å²) in [5, 5.41) is 7.83. The number of carbonyl (C=O) groups excluding carboxylic acids is 4. The van der Waals surface area contributed by atoms with E-state index in [1.54, 1.807) is 0 Å². The summed E-state index contributed by atoms with van der Waals surface area (Å²) in [6.45, 7) is 1.86. The minimum Gasteiger partial charge on any atom is -0.355 e. The quantitative estimate of drug-likeness (QED) is 0.623. The Bertz CT molecular complexity index is 763. The van der Waals surface area contributed by atoms with Crippen molar-refractivity contribution in [3.63, 3.8) is 0 Å². The molecule has 5 amide bonds. The molecule has 138 valence electrons. The van der Waals surface area contributed by atoms with Gasteiger partial charge in [-0.2, -0.15) is 0 Å². The predicted molar refractivity (Wildman–Crippen MR) is 93.0 cm³/mol. The lowest BCUT2D eigenvalue weighted by Gasteiger charge is -2.22. The molecule has 1 saturated heterocycles. The third-order valence-corrected chi connectivity index (χ3v) is 4.74. The SMILES string of the molecule is CCCNC(=O)CNC(=O)CN1C(=O)N[C@]2(CCc3ccccc32)C1=O. The monoisotopic (exact) mass is 358 g/mol. The summed E-state index contributed by atoms with van der Waals surface area (Å²) in [4.78, 5) is 49.7. The number of hydrogen-bond donors (Lipinski definition) is 3. The Kier molecular flexibility index (Phi) is 4.92. The molecule has 3 rings (SSSR count). The average molecular weight is 358 g/mol. The maximum Gasteiger partial charge on any atom is 0.325 e. The predicted octanol–water partition coefficient (Wildman–Crippen LogP) is 0.0223. The van der Waals surface area contributed by atoms with Gasteiger partial charge in [0.2, 0.25) is 11.8 Å². The van der Waals surface area contributed by atoms with Crippen LogP contribution in [0.4, 0.5) is 4.79 Å². The van der Waals surface area contributed by atoms with Gasteiger partial charge in [0, 0.05) is 6.54 Å². The van der Waals surface area contributed by atoms with Crippen LogP contribution in [0, 0.1) is 0 Å². The number of urea groups is 1. The lowest BCUT2D eigenvalue weighted by atomic mass is 9.92. The second-order valence-corrected chi connectivity index (χ2v) is 6.51. The number of amides is 5. The zero-order chi connectivity index (χ0) is 18.7. The molecule has 8 heteroatoms. The Morgan fingerprint density at radius 2 is 1.96 bits per heavy atom. The van der Waals surface area contributed by atoms with E-state index in [1.165, 1.54) is 0 Å². The summed E-state index contributed by atoms with van der Waals surface area (Å²) in [5.74, 6) is -1.28. The molecule has 1 fully saturated rings. The van der Waals surface area contributed by atoms with Gasteiger partial charge in [-0.3, -0.25) is 19.3 Å². The van der Waals surface area contributed by atoms with E-state index < -0.39 is 29.9 Å². The summed E-state index contributed by atoms with van der Waals surface area (Å²) in [6, 6.07) is 6.91. The van der Waals surface area contributed by atoms with Crippen LogP contribution in [0.1, 0.15) is 30.9 Å². The van der Waals surface area contributed by atoms with Gasteiger partial charge in [0.05, 0.1) is 6.54 Å². The van der Waals surface area contributed by atoms with E-state index in [4.69, 9.17) is 0 Å². The van der Waals surface area contributed by atoms with E-state index in [-0.39, 0.29) is 12.5 Å². The Morgan fingerprint density at radius 3 is 2.73 bits per heavy atom. The van der Waals surface area contributed by atoms with Crippen molar-refractivity contribution in [1.82, 2.24) is 20.9 Å². The first-order valence-corrected chi connectivity index (χ1v) is 8.74. The standard InChI is InChI=1S/C18H22N4O4/c1-2-9-19-14(23)10-20-15(24)11-22-16(25)18(21-17(22)26)8-7-12-5-3-4-6-13(12)18/h3-6H,2,7-11H2,1H3,(H,19,23)(H,20,24)(H,21,26)/t18-/m0/s1. The first-order valence-electron chi connectivity index (χ1n) is 8.74. The average Bonchev–Trinajstić information content (AvgIpc) is 3.12. The number of rotatable bonds is 6. The largest absolute Gasteiger partial charge is 0.355 e. The molecule has 1 aromatic carbocycles. The van der Waals surface area contributed by atoms with Crippen molar-refractivity contribution in [3.05, 3.63) is 35.4 Å². The molecule has 1 atom stereocenters. The van der Waals surface area contributed by atoms with Crippen LogP contribution in [0.2, 0.25) is 0 Å². The van der Waals surface area contributed by atoms with Gasteiger partial charge in [-0.25, -0.2) is 4.79 Å². The Morgan fingerprint density at radius 1 is 1.19 bits per heavy atom. The van der Waals surface area contributed by atoms with Crippen molar-refractivity contribution in [2.75, 3.05) is 19.6 Å². The maximum atomic E-state index is 12.9. The molecule has 0 aromatic heterocycles. The Balaban J connectivity index is 1.64. The van der Waals surface area contributed by atoms with E-state index in [9.17, 15) is 19.2 Å². The number of benzene rings is 1. The normalized spacial score (nSPS) is 20.9. The highest BCUT2D eigenvalue weighted by atomic mass is 16.2. The number of carbonyl (C=O) groups is 4. The van der Waals surface area contributed by atoms with E-state index >= 15 is 0 Å². The second-order valence-electron chi connectivity index (χ2n) is 6.51. The Hall–Kier alpha value is -2.90. The summed E-state index contributed by atoms with van der Waals surface area (Å²) < 4.78 is 0. The minimum absolute atomic E-state index is 0.184. The maximum absolute atomic E-state index is 12.9. The molecule has 3 N–H and O–H groups in total. The third kappa shape index (κ3) is 3.14. The highest BCUT2D eigenvalue weighted by Gasteiger charge is 2.55. The molecular weight excluding hydrogens is 336 g/mol. The van der Waals surface area contributed by atoms with Crippen molar-refractivity contribution < 1.29 is 19.2 Å². The second kappa shape index (κ2) is 7.15. The first-order chi connectivity index (χ1) is 12.5. The van der Waals surface area contributed by atoms with Crippen LogP contribution in [0.15, 0.2) is 24.3 Å². The molecule has 1 aromatic rings. The number of aryl methyl sites for hydroxylation is 1. The van der Waals surface area contributed by atoms with Crippen LogP contribution in [0.5, 0.6) is 0 Å². The highest BCUT2D eigenvalue weighted by Crippen LogP contribution is 2.41. The number of fused-ring (bicyclic) bond motifs is 2. The summed E-state index contributed by atoms with van der Waals surface area (Å²) >= 11 is 0. The van der Waals surface area contributed by atoms with Gasteiger partial charge in [-0.15, -0.1) is 0 Å². The van der Waals surface area contributed by atoms with Crippen molar-refractivity contribution in [2.24, 2.45) is 0 Å². The molecule has 8 nitrogen and oxygen atoms in total. The fourth-order valence-corrected chi connectivity index (χ4v) is 3.44. The van der Waals surface area contributed by atoms with Gasteiger partial charge in [-0.05, 0) is 30.4 Å². The molecule has 0 saturated carbocycles. The van der Waals surface area contributed by atoms with E-state index in [0.29, 0.717) is 19.4 Å². The van der Waals surface area contributed by atoms with Gasteiger partial charge in [0.25, 0.3) is 5.91 Å². The van der Waals surface area contributed by atoms with Crippen LogP contribution in [-0.2, 0) is 26.3 Å². The summed E-state index contributed by atoms with van der Waals surface area (Å²) in [5.41, 5.74) is 0.743. The number of hydrogen-bond acceptors (Lipinski definition) is 4. The van der Waals surface area contributed by atoms with Crippen molar-refractivity contribution in [3.8, 4) is 0 Å². The molecule has 26 heavy (non-hydrogen) atoms. The fraction of sp³-hybridized carbons (Fsp3) is 0.444. The molecule has 0 radical (unpaired) electrons. The van der Waals surface area contributed by atoms with Gasteiger partial charge < -0.3 is 16.0 Å². The first kappa shape index (κ1) is 17.9. The van der Waals surface area contributed by atoms with E-state index in [2.05, 4.69) is 16.0 Å². The van der Waals surface area contributed by atoms with E-state index in [1.807, 2.05) is 31.2 Å². The topological polar surface area (TPSA) is 108 Å². The van der Waals surface area contributed by atoms with Gasteiger partial charge >= 0.3 is 6.03 Å². The van der Waals surface area contributed by atoms with Crippen LogP contribution >= 0.6 is 0 Å². The van der Waals surface area contributed by atoms with Crippen molar-refractivity contribution in [1.29, 1.82) is 0 Å². The molecular formula is C18H22N4O4. The third-order valence-electron chi connectivity index (χ3n) is 4.74. The van der Waals surface area contributed by atoms with Crippen LogP contribution in [0.3, 0.4) is 0 Å². The molecule has 1 heterocycles. The zero-order valence-electron chi connectivity index (χ0n) is 14.6. The number of nitrogens with zero attached hydrogens (tertiary/aromatic N) is 1. The van der Waals surface area contributed by atoms with Gasteiger partial charge in [-0.1, -0.05) is 31.2 Å². The van der Waals surface area contributed by atoms with Crippen LogP contribution < -0.4 is 16.0 Å². The lowest BCUT2D eigenvalue weighted by molar-refractivity contribution is -0.135. The summed E-state index contributed by atoms with van der Waals surface area (Å²) in [6.07, 6.45) is 1.97. The Labute approximate surface area is 151 Å². The zero-order valence-corrected chi connectivity index (χ0v) is 14.6. The molecule has 1 spiro atoms. The van der Waals surface area contributed by atoms with Crippen LogP contribution in [-0.4, -0.2) is 48.3 Å². The number of imide groups is 1. The molecule has 0 unspecified atom stereocenters. The highest BCUT2D eigenvalue weighted by molar-refractivity contribution is 6.10. The lowest BCUT2D eigenvalue weighted by Crippen LogP contribution is -2.45. The van der Waals surface area contributed by atoms with Crippen molar-refractivity contribution >= 4 is 23.8 Å². The molecule has 2 aliphatic rings.